The molecule has 51 heavy (non-hydrogen) atoms. The number of rotatable bonds is 18. The molecule has 0 atom stereocenters. The maximum absolute atomic E-state index is 13.7. The van der Waals surface area contributed by atoms with E-state index >= 15 is 0 Å². The van der Waals surface area contributed by atoms with Gasteiger partial charge < -0.3 is 9.80 Å². The minimum atomic E-state index is -3.82. The second-order valence-corrected chi connectivity index (χ2v) is 15.9. The number of para-hydroxylation sites is 1. The Hall–Kier alpha value is -2.69. The summed E-state index contributed by atoms with van der Waals surface area (Å²) in [5.74, 6) is 2.11. The minimum Gasteiger partial charge on any atom is -0.369 e. The first-order valence-corrected chi connectivity index (χ1v) is 21.0. The number of nitrogens with one attached hydrogen (secondary N) is 1. The molecule has 1 aliphatic heterocycles. The van der Waals surface area contributed by atoms with E-state index in [2.05, 4.69) is 72.9 Å². The number of aryl methyl sites for hydroxylation is 1. The Morgan fingerprint density at radius 3 is 1.55 bits per heavy atom. The quantitative estimate of drug-likeness (QED) is 0.102. The number of nitrogens with zero attached hydrogens (tertiary/aromatic N) is 4. The summed E-state index contributed by atoms with van der Waals surface area (Å²) in [4.78, 5) is 9.52. The molecule has 274 valence electrons. The third-order valence-electron chi connectivity index (χ3n) is 9.19. The van der Waals surface area contributed by atoms with Crippen LogP contribution in [0, 0.1) is 6.92 Å². The van der Waals surface area contributed by atoms with Crippen LogP contribution in [-0.2, 0) is 23.1 Å². The van der Waals surface area contributed by atoms with E-state index in [0.717, 1.165) is 68.2 Å². The van der Waals surface area contributed by atoms with Crippen LogP contribution in [0.5, 0.6) is 0 Å². The van der Waals surface area contributed by atoms with Crippen molar-refractivity contribution in [3.8, 4) is 0 Å². The first-order valence-electron chi connectivity index (χ1n) is 17.3. The molecule has 0 amide bonds. The highest BCUT2D eigenvalue weighted by atomic mass is 35.5. The van der Waals surface area contributed by atoms with Crippen LogP contribution in [0.1, 0.15) is 34.8 Å². The van der Waals surface area contributed by atoms with E-state index in [4.69, 9.17) is 46.4 Å². The summed E-state index contributed by atoms with van der Waals surface area (Å²) in [6.07, 6.45) is 0.783. The van der Waals surface area contributed by atoms with Crippen LogP contribution < -0.4 is 14.5 Å². The van der Waals surface area contributed by atoms with E-state index in [0.29, 0.717) is 42.3 Å². The lowest BCUT2D eigenvalue weighted by molar-refractivity contribution is -0.00864. The van der Waals surface area contributed by atoms with Gasteiger partial charge in [-0.15, -0.1) is 46.4 Å². The third-order valence-corrected chi connectivity index (χ3v) is 11.2. The van der Waals surface area contributed by atoms with Gasteiger partial charge in [0.1, 0.15) is 0 Å². The molecule has 0 aromatic heterocycles. The second kappa shape index (κ2) is 19.4. The highest BCUT2D eigenvalue weighted by Crippen LogP contribution is 2.37. The fourth-order valence-electron chi connectivity index (χ4n) is 6.65. The van der Waals surface area contributed by atoms with Gasteiger partial charge >= 0.3 is 0 Å². The average molecular weight is 792 g/mol. The summed E-state index contributed by atoms with van der Waals surface area (Å²) in [5, 5.41) is 0. The normalized spacial score (nSPS) is 14.5. The van der Waals surface area contributed by atoms with Gasteiger partial charge in [-0.2, -0.15) is 0 Å². The third kappa shape index (κ3) is 10.7. The largest absolute Gasteiger partial charge is 0.369 e. The summed E-state index contributed by atoms with van der Waals surface area (Å²) in [6, 6.07) is 31.9. The molecule has 1 heterocycles. The maximum atomic E-state index is 13.7. The average Bonchev–Trinajstić information content (AvgIpc) is 3.13. The van der Waals surface area contributed by atoms with Crippen LogP contribution in [0.25, 0.3) is 0 Å². The van der Waals surface area contributed by atoms with Crippen molar-refractivity contribution in [2.75, 3.05) is 77.3 Å². The zero-order valence-electron chi connectivity index (χ0n) is 29.0. The van der Waals surface area contributed by atoms with E-state index in [1.54, 1.807) is 12.1 Å². The number of alkyl halides is 4. The van der Waals surface area contributed by atoms with E-state index in [1.165, 1.54) is 11.1 Å². The monoisotopic (exact) mass is 789 g/mol. The van der Waals surface area contributed by atoms with Crippen LogP contribution in [0.15, 0.2) is 102 Å². The Labute approximate surface area is 324 Å². The molecule has 0 bridgehead atoms. The molecule has 1 saturated heterocycles. The van der Waals surface area contributed by atoms with Crippen molar-refractivity contribution in [3.05, 3.63) is 119 Å². The Morgan fingerprint density at radius 2 is 1.10 bits per heavy atom. The van der Waals surface area contributed by atoms with Gasteiger partial charge in [0, 0.05) is 92.8 Å². The number of hydrogen-bond acceptors (Lipinski definition) is 6. The zero-order valence-corrected chi connectivity index (χ0v) is 32.9. The van der Waals surface area contributed by atoms with Crippen molar-refractivity contribution in [2.45, 2.75) is 37.5 Å². The molecule has 1 aliphatic rings. The molecular formula is C39H47Cl4N5O2S. The molecule has 7 nitrogen and oxygen atoms in total. The summed E-state index contributed by atoms with van der Waals surface area (Å²) in [7, 11) is -3.82. The van der Waals surface area contributed by atoms with Crippen molar-refractivity contribution in [2.24, 2.45) is 0 Å². The fraction of sp³-hybridized carbons (Fsp3) is 0.385. The van der Waals surface area contributed by atoms with Gasteiger partial charge in [-0.1, -0.05) is 60.2 Å². The molecule has 0 spiro atoms. The van der Waals surface area contributed by atoms with Gasteiger partial charge in [-0.05, 0) is 66.9 Å². The summed E-state index contributed by atoms with van der Waals surface area (Å²) in [6.45, 7) is 7.95. The standard InChI is InChI=1S/C39H47Cl4N5O2S/c1-31-7-17-36(18-8-31)51(49,50)44-38-6-3-2-5-37(38)39-47(29-32-9-13-34(14-10-32)45(25-19-40)26-20-41)23-4-24-48(39)30-33-11-15-35(16-12-33)46(27-21-42)28-22-43/h2-3,5-18,39,44H,4,19-30H2,1H3. The number of hydrogen-bond donors (Lipinski definition) is 1. The van der Waals surface area contributed by atoms with E-state index in [9.17, 15) is 8.42 Å². The fourth-order valence-corrected chi connectivity index (χ4v) is 8.56. The summed E-state index contributed by atoms with van der Waals surface area (Å²) < 4.78 is 30.3. The van der Waals surface area contributed by atoms with Gasteiger partial charge in [-0.25, -0.2) is 8.42 Å². The molecule has 0 saturated carbocycles. The number of halogens is 4. The predicted molar refractivity (Wildman–Crippen MR) is 217 cm³/mol. The highest BCUT2D eigenvalue weighted by Gasteiger charge is 2.33. The number of benzene rings is 4. The molecule has 0 unspecified atom stereocenters. The van der Waals surface area contributed by atoms with Crippen LogP contribution in [-0.4, -0.2) is 81.0 Å². The van der Waals surface area contributed by atoms with Crippen LogP contribution in [0.2, 0.25) is 0 Å². The number of anilines is 3. The Morgan fingerprint density at radius 1 is 0.647 bits per heavy atom. The SMILES string of the molecule is Cc1ccc(S(=O)(=O)Nc2ccccc2C2N(Cc3ccc(N(CCCl)CCCl)cc3)CCCN2Cc2ccc(N(CCCl)CCCl)cc2)cc1. The van der Waals surface area contributed by atoms with Crippen LogP contribution in [0.4, 0.5) is 17.1 Å². The lowest BCUT2D eigenvalue weighted by Crippen LogP contribution is -2.47. The molecule has 4 aromatic rings. The molecule has 1 fully saturated rings. The second-order valence-electron chi connectivity index (χ2n) is 12.7. The zero-order chi connectivity index (χ0) is 36.2. The number of sulfonamides is 1. The van der Waals surface area contributed by atoms with Crippen molar-refractivity contribution >= 4 is 73.5 Å². The van der Waals surface area contributed by atoms with Crippen molar-refractivity contribution in [3.63, 3.8) is 0 Å². The lowest BCUT2D eigenvalue weighted by Gasteiger charge is -2.45. The summed E-state index contributed by atoms with van der Waals surface area (Å²) >= 11 is 24.3. The van der Waals surface area contributed by atoms with Crippen LogP contribution >= 0.6 is 46.4 Å². The Kier molecular flexibility index (Phi) is 15.0. The van der Waals surface area contributed by atoms with E-state index < -0.39 is 10.0 Å². The first kappa shape index (κ1) is 39.5. The molecule has 4 aromatic carbocycles. The van der Waals surface area contributed by atoms with Gasteiger partial charge in [0.25, 0.3) is 10.0 Å². The van der Waals surface area contributed by atoms with Crippen molar-refractivity contribution < 1.29 is 8.42 Å². The predicted octanol–water partition coefficient (Wildman–Crippen LogP) is 8.77. The Bertz CT molecular complexity index is 1680. The molecule has 0 aliphatic carbocycles. The minimum absolute atomic E-state index is 0.192. The van der Waals surface area contributed by atoms with Gasteiger partial charge in [0.15, 0.2) is 0 Å². The van der Waals surface area contributed by atoms with Gasteiger partial charge in [0.2, 0.25) is 0 Å². The van der Waals surface area contributed by atoms with E-state index in [-0.39, 0.29) is 11.1 Å². The molecule has 1 N–H and O–H groups in total. The van der Waals surface area contributed by atoms with Gasteiger partial charge in [0.05, 0.1) is 16.7 Å². The maximum Gasteiger partial charge on any atom is 0.261 e. The summed E-state index contributed by atoms with van der Waals surface area (Å²) in [5.41, 5.74) is 7.00. The molecule has 5 rings (SSSR count). The van der Waals surface area contributed by atoms with Crippen molar-refractivity contribution in [1.29, 1.82) is 0 Å². The molecular weight excluding hydrogens is 744 g/mol. The smallest absolute Gasteiger partial charge is 0.261 e. The first-order chi connectivity index (χ1) is 24.8. The van der Waals surface area contributed by atoms with Crippen molar-refractivity contribution in [1.82, 2.24) is 9.80 Å². The van der Waals surface area contributed by atoms with E-state index in [1.807, 2.05) is 43.3 Å². The highest BCUT2D eigenvalue weighted by molar-refractivity contribution is 7.92. The lowest BCUT2D eigenvalue weighted by atomic mass is 10.0. The topological polar surface area (TPSA) is 59.1 Å². The molecule has 0 radical (unpaired) electrons. The Balaban J connectivity index is 1.47. The van der Waals surface area contributed by atoms with Crippen LogP contribution in [0.3, 0.4) is 0 Å². The van der Waals surface area contributed by atoms with Gasteiger partial charge in [-0.3, -0.25) is 14.5 Å². The molecule has 12 heteroatoms.